The number of para-hydroxylation sites is 1. The molecule has 1 N–H and O–H groups in total. The van der Waals surface area contributed by atoms with Crippen LogP contribution in [0.2, 0.25) is 0 Å². The Balaban J connectivity index is 1.70. The van der Waals surface area contributed by atoms with Crippen LogP contribution < -0.4 is 5.32 Å². The fraction of sp³-hybridized carbons (Fsp3) is 0.318. The Bertz CT molecular complexity index is 991. The van der Waals surface area contributed by atoms with E-state index in [2.05, 4.69) is 54.5 Å². The van der Waals surface area contributed by atoms with Crippen LogP contribution in [0, 0.1) is 0 Å². The number of anilines is 2. The highest BCUT2D eigenvalue weighted by molar-refractivity contribution is 7.13. The minimum atomic E-state index is -4.43. The lowest BCUT2D eigenvalue weighted by atomic mass is 9.67. The summed E-state index contributed by atoms with van der Waals surface area (Å²) in [6, 6.07) is 16.3. The molecule has 2 nitrogen and oxygen atoms in total. The summed E-state index contributed by atoms with van der Waals surface area (Å²) in [6.07, 6.45) is -2.38. The lowest BCUT2D eigenvalue weighted by molar-refractivity contribution is -0.140. The summed E-state index contributed by atoms with van der Waals surface area (Å²) < 4.78 is 38.6. The minimum Gasteiger partial charge on any atom is -0.331 e. The number of rotatable bonds is 3. The van der Waals surface area contributed by atoms with Gasteiger partial charge in [0.25, 0.3) is 0 Å². The van der Waals surface area contributed by atoms with Crippen molar-refractivity contribution >= 4 is 22.2 Å². The highest BCUT2D eigenvalue weighted by atomic mass is 32.1. The Morgan fingerprint density at radius 2 is 1.71 bits per heavy atom. The van der Waals surface area contributed by atoms with Crippen molar-refractivity contribution in [3.8, 4) is 0 Å². The Morgan fingerprint density at radius 1 is 1.04 bits per heavy atom. The van der Waals surface area contributed by atoms with Crippen LogP contribution in [0.25, 0.3) is 0 Å². The Labute approximate surface area is 166 Å². The first-order valence-electron chi connectivity index (χ1n) is 9.24. The molecule has 0 aliphatic heterocycles. The number of benzene rings is 2. The van der Waals surface area contributed by atoms with Crippen molar-refractivity contribution in [2.75, 3.05) is 5.32 Å². The molecule has 0 radical (unpaired) electrons. The van der Waals surface area contributed by atoms with Crippen LogP contribution in [-0.2, 0) is 11.6 Å². The molecule has 0 spiro atoms. The first-order chi connectivity index (χ1) is 13.3. The molecule has 1 heterocycles. The topological polar surface area (TPSA) is 24.9 Å². The molecule has 146 valence electrons. The molecule has 0 saturated heterocycles. The van der Waals surface area contributed by atoms with E-state index >= 15 is 0 Å². The number of nitrogens with one attached hydrogen (secondary N) is 1. The molecule has 4 rings (SSSR count). The third-order valence-corrected chi connectivity index (χ3v) is 6.25. The summed E-state index contributed by atoms with van der Waals surface area (Å²) >= 11 is 0.970. The lowest BCUT2D eigenvalue weighted by Crippen LogP contribution is -2.26. The average Bonchev–Trinajstić information content (AvgIpc) is 3.12. The maximum Gasteiger partial charge on any atom is 0.434 e. The van der Waals surface area contributed by atoms with Crippen molar-refractivity contribution in [3.05, 3.63) is 76.3 Å². The highest BCUT2D eigenvalue weighted by Gasteiger charge is 2.35. The van der Waals surface area contributed by atoms with Crippen LogP contribution in [0.1, 0.15) is 55.0 Å². The molecule has 6 heteroatoms. The van der Waals surface area contributed by atoms with Crippen LogP contribution in [0.3, 0.4) is 0 Å². The highest BCUT2D eigenvalue weighted by Crippen LogP contribution is 2.47. The molecule has 3 aromatic rings. The summed E-state index contributed by atoms with van der Waals surface area (Å²) in [6.45, 7) is 4.53. The average molecular weight is 402 g/mol. The van der Waals surface area contributed by atoms with Gasteiger partial charge in [-0.15, -0.1) is 11.3 Å². The Kier molecular flexibility index (Phi) is 4.70. The van der Waals surface area contributed by atoms with E-state index in [1.807, 2.05) is 18.2 Å². The summed E-state index contributed by atoms with van der Waals surface area (Å²) in [5.41, 5.74) is 3.80. The molecule has 1 aromatic heterocycles. The molecule has 1 atom stereocenters. The van der Waals surface area contributed by atoms with Gasteiger partial charge in [0.1, 0.15) is 0 Å². The summed E-state index contributed by atoms with van der Waals surface area (Å²) in [4.78, 5) is 3.71. The number of fused-ring (bicyclic) bond motifs is 1. The number of halogens is 3. The maximum absolute atomic E-state index is 12.9. The molecular weight excluding hydrogens is 381 g/mol. The lowest BCUT2D eigenvalue weighted by Gasteiger charge is -2.38. The third-order valence-electron chi connectivity index (χ3n) is 5.50. The van der Waals surface area contributed by atoms with Crippen LogP contribution in [0.5, 0.6) is 0 Å². The second kappa shape index (κ2) is 6.92. The van der Waals surface area contributed by atoms with E-state index in [0.29, 0.717) is 0 Å². The fourth-order valence-corrected chi connectivity index (χ4v) is 4.76. The molecule has 1 aliphatic rings. The van der Waals surface area contributed by atoms with Crippen LogP contribution in [0.4, 0.5) is 24.0 Å². The SMILES string of the molecule is CC1(C)CCC(c2ccccc2Nc2nc(C(F)(F)F)cs2)c2ccccc21. The second-order valence-electron chi connectivity index (χ2n) is 7.81. The smallest absolute Gasteiger partial charge is 0.331 e. The largest absolute Gasteiger partial charge is 0.434 e. The van der Waals surface area contributed by atoms with Crippen molar-refractivity contribution < 1.29 is 13.2 Å². The number of hydrogen-bond donors (Lipinski definition) is 1. The molecule has 0 bridgehead atoms. The predicted octanol–water partition coefficient (Wildman–Crippen LogP) is 7.11. The van der Waals surface area contributed by atoms with Crippen molar-refractivity contribution in [2.45, 2.75) is 44.2 Å². The monoisotopic (exact) mass is 402 g/mol. The van der Waals surface area contributed by atoms with Crippen molar-refractivity contribution in [1.29, 1.82) is 0 Å². The van der Waals surface area contributed by atoms with Crippen molar-refractivity contribution in [3.63, 3.8) is 0 Å². The summed E-state index contributed by atoms with van der Waals surface area (Å²) in [7, 11) is 0. The van der Waals surface area contributed by atoms with Gasteiger partial charge in [-0.1, -0.05) is 56.3 Å². The Hall–Kier alpha value is -2.34. The molecule has 0 amide bonds. The quantitative estimate of drug-likeness (QED) is 0.505. The fourth-order valence-electron chi connectivity index (χ4n) is 4.03. The van der Waals surface area contributed by atoms with Gasteiger partial charge in [0.15, 0.2) is 10.8 Å². The van der Waals surface area contributed by atoms with Crippen molar-refractivity contribution in [2.24, 2.45) is 0 Å². The molecule has 0 fully saturated rings. The van der Waals surface area contributed by atoms with Gasteiger partial charge in [-0.05, 0) is 41.0 Å². The van der Waals surface area contributed by atoms with Gasteiger partial charge in [0, 0.05) is 17.0 Å². The standard InChI is InChI=1S/C22H21F3N2S/c1-21(2)12-11-14(15-7-3-5-9-17(15)21)16-8-4-6-10-18(16)26-20-27-19(13-28-20)22(23,24)25/h3-10,13-14H,11-12H2,1-2H3,(H,26,27). The zero-order valence-corrected chi connectivity index (χ0v) is 16.5. The van der Waals surface area contributed by atoms with E-state index < -0.39 is 11.9 Å². The van der Waals surface area contributed by atoms with E-state index in [-0.39, 0.29) is 16.5 Å². The Morgan fingerprint density at radius 3 is 2.43 bits per heavy atom. The minimum absolute atomic E-state index is 0.117. The zero-order chi connectivity index (χ0) is 19.9. The van der Waals surface area contributed by atoms with Crippen LogP contribution in [0.15, 0.2) is 53.9 Å². The van der Waals surface area contributed by atoms with Gasteiger partial charge in [-0.3, -0.25) is 0 Å². The first-order valence-corrected chi connectivity index (χ1v) is 10.1. The van der Waals surface area contributed by atoms with E-state index in [4.69, 9.17) is 0 Å². The van der Waals surface area contributed by atoms with Crippen LogP contribution >= 0.6 is 11.3 Å². The van der Waals surface area contributed by atoms with Gasteiger partial charge in [0.05, 0.1) is 0 Å². The predicted molar refractivity (Wildman–Crippen MR) is 107 cm³/mol. The van der Waals surface area contributed by atoms with E-state index in [0.717, 1.165) is 40.8 Å². The van der Waals surface area contributed by atoms with Gasteiger partial charge >= 0.3 is 6.18 Å². The van der Waals surface area contributed by atoms with Gasteiger partial charge < -0.3 is 5.32 Å². The maximum atomic E-state index is 12.9. The number of thiazole rings is 1. The van der Waals surface area contributed by atoms with E-state index in [1.165, 1.54) is 11.1 Å². The third kappa shape index (κ3) is 3.53. The normalized spacial score (nSPS) is 18.5. The van der Waals surface area contributed by atoms with Gasteiger partial charge in [-0.2, -0.15) is 13.2 Å². The van der Waals surface area contributed by atoms with Crippen molar-refractivity contribution in [1.82, 2.24) is 4.98 Å². The zero-order valence-electron chi connectivity index (χ0n) is 15.7. The molecule has 0 saturated carbocycles. The molecular formula is C22H21F3N2S. The van der Waals surface area contributed by atoms with E-state index in [1.54, 1.807) is 0 Å². The molecule has 1 aliphatic carbocycles. The van der Waals surface area contributed by atoms with Crippen LogP contribution in [-0.4, -0.2) is 4.98 Å². The van der Waals surface area contributed by atoms with E-state index in [9.17, 15) is 13.2 Å². The van der Waals surface area contributed by atoms with Gasteiger partial charge in [0.2, 0.25) is 0 Å². The summed E-state index contributed by atoms with van der Waals surface area (Å²) in [5.74, 6) is 0.204. The summed E-state index contributed by atoms with van der Waals surface area (Å²) in [5, 5.41) is 4.42. The number of nitrogens with zero attached hydrogens (tertiary/aromatic N) is 1. The molecule has 2 aromatic carbocycles. The number of hydrogen-bond acceptors (Lipinski definition) is 3. The molecule has 1 unspecified atom stereocenters. The second-order valence-corrected chi connectivity index (χ2v) is 8.67. The van der Waals surface area contributed by atoms with Gasteiger partial charge in [-0.25, -0.2) is 4.98 Å². The number of aromatic nitrogens is 1. The molecule has 28 heavy (non-hydrogen) atoms. The first kappa shape index (κ1) is 19.0. The number of alkyl halides is 3.